The molecule has 1 saturated heterocycles. The fourth-order valence-corrected chi connectivity index (χ4v) is 1.99. The Morgan fingerprint density at radius 1 is 1.41 bits per heavy atom. The van der Waals surface area contributed by atoms with Crippen LogP contribution in [0.1, 0.15) is 13.8 Å². The van der Waals surface area contributed by atoms with Gasteiger partial charge in [0.1, 0.15) is 15.7 Å². The van der Waals surface area contributed by atoms with E-state index in [1.807, 2.05) is 21.7 Å². The Labute approximate surface area is 105 Å². The van der Waals surface area contributed by atoms with Gasteiger partial charge in [-0.3, -0.25) is 9.59 Å². The number of amides is 1. The molecule has 1 aliphatic rings. The van der Waals surface area contributed by atoms with Crippen molar-refractivity contribution < 1.29 is 14.3 Å². The predicted molar refractivity (Wildman–Crippen MR) is 71.8 cm³/mol. The van der Waals surface area contributed by atoms with Crippen LogP contribution in [0.2, 0.25) is 12.1 Å². The van der Waals surface area contributed by atoms with Gasteiger partial charge in [-0.1, -0.05) is 13.8 Å². The Kier molecular flexibility index (Phi) is 5.25. The lowest BCUT2D eigenvalue weighted by atomic mass is 9.82. The van der Waals surface area contributed by atoms with E-state index < -0.39 is 0 Å². The van der Waals surface area contributed by atoms with E-state index in [9.17, 15) is 9.59 Å². The standard InChI is InChI=1S/C11H21B2NO3/c1-7(2)10(15)4-14(11(16)3-12)9-6-17-5-8(9)13/h7-9H,3-6,12-13H2,1-2H3. The summed E-state index contributed by atoms with van der Waals surface area (Å²) in [6.45, 7) is 5.19. The molecule has 6 heteroatoms. The minimum atomic E-state index is -0.0280. The van der Waals surface area contributed by atoms with Gasteiger partial charge in [-0.05, 0) is 12.1 Å². The highest BCUT2D eigenvalue weighted by Crippen LogP contribution is 2.22. The first kappa shape index (κ1) is 14.3. The molecule has 0 aromatic rings. The fraction of sp³-hybridized carbons (Fsp3) is 0.818. The maximum absolute atomic E-state index is 11.9. The van der Waals surface area contributed by atoms with Crippen LogP contribution in [-0.2, 0) is 14.3 Å². The summed E-state index contributed by atoms with van der Waals surface area (Å²) in [5.41, 5.74) is 0. The lowest BCUT2D eigenvalue weighted by molar-refractivity contribution is -0.136. The van der Waals surface area contributed by atoms with Gasteiger partial charge >= 0.3 is 0 Å². The van der Waals surface area contributed by atoms with E-state index in [1.54, 1.807) is 4.90 Å². The highest BCUT2D eigenvalue weighted by Gasteiger charge is 2.33. The molecule has 2 atom stereocenters. The second-order valence-electron chi connectivity index (χ2n) is 5.08. The molecule has 94 valence electrons. The van der Waals surface area contributed by atoms with E-state index in [0.29, 0.717) is 25.4 Å². The molecule has 0 aliphatic carbocycles. The zero-order chi connectivity index (χ0) is 13.0. The third-order valence-corrected chi connectivity index (χ3v) is 3.32. The number of hydrogen-bond donors (Lipinski definition) is 0. The van der Waals surface area contributed by atoms with E-state index in [1.165, 1.54) is 0 Å². The average Bonchev–Trinajstić information content (AvgIpc) is 2.70. The Hall–Kier alpha value is -0.770. The molecular weight excluding hydrogens is 216 g/mol. The van der Waals surface area contributed by atoms with Crippen molar-refractivity contribution in [2.24, 2.45) is 5.92 Å². The second kappa shape index (κ2) is 6.24. The molecule has 1 amide bonds. The summed E-state index contributed by atoms with van der Waals surface area (Å²) >= 11 is 0. The van der Waals surface area contributed by atoms with Crippen LogP contribution in [0, 0.1) is 5.92 Å². The van der Waals surface area contributed by atoms with Crippen molar-refractivity contribution in [2.75, 3.05) is 19.8 Å². The van der Waals surface area contributed by atoms with Gasteiger partial charge in [0.05, 0.1) is 19.2 Å². The third kappa shape index (κ3) is 3.60. The first-order valence-corrected chi connectivity index (χ1v) is 6.37. The summed E-state index contributed by atoms with van der Waals surface area (Å²) in [6.07, 6.45) is 0.439. The summed E-state index contributed by atoms with van der Waals surface area (Å²) in [5.74, 6) is 0.442. The Balaban J connectivity index is 2.73. The highest BCUT2D eigenvalue weighted by atomic mass is 16.5. The van der Waals surface area contributed by atoms with Gasteiger partial charge in [-0.15, -0.1) is 0 Å². The Morgan fingerprint density at radius 2 is 2.06 bits per heavy atom. The van der Waals surface area contributed by atoms with Crippen LogP contribution in [0.4, 0.5) is 0 Å². The molecule has 0 bridgehead atoms. The molecule has 1 fully saturated rings. The summed E-state index contributed by atoms with van der Waals surface area (Å²) in [7, 11) is 3.89. The smallest absolute Gasteiger partial charge is 0.215 e. The van der Waals surface area contributed by atoms with Crippen molar-refractivity contribution in [3.05, 3.63) is 0 Å². The van der Waals surface area contributed by atoms with Gasteiger partial charge in [0.25, 0.3) is 0 Å². The quantitative estimate of drug-likeness (QED) is 0.571. The number of carbonyl (C=O) groups excluding carboxylic acids is 2. The molecule has 1 heterocycles. The Bertz CT molecular complexity index is 296. The number of nitrogens with zero attached hydrogens (tertiary/aromatic N) is 1. The van der Waals surface area contributed by atoms with Crippen molar-refractivity contribution in [3.63, 3.8) is 0 Å². The SMILES string of the molecule is BCC(=O)N(CC(=O)C(C)C)C1COCC1B. The molecule has 4 nitrogen and oxygen atoms in total. The molecular formula is C11H21B2NO3. The van der Waals surface area contributed by atoms with Crippen LogP contribution in [0.25, 0.3) is 0 Å². The first-order chi connectivity index (χ1) is 7.97. The van der Waals surface area contributed by atoms with E-state index in [2.05, 4.69) is 7.85 Å². The molecule has 0 radical (unpaired) electrons. The average molecular weight is 237 g/mol. The van der Waals surface area contributed by atoms with Crippen molar-refractivity contribution >= 4 is 27.4 Å². The molecule has 2 unspecified atom stereocenters. The van der Waals surface area contributed by atoms with Gasteiger partial charge in [0.15, 0.2) is 5.78 Å². The lowest BCUT2D eigenvalue weighted by Gasteiger charge is -2.30. The number of hydrogen-bond acceptors (Lipinski definition) is 3. The van der Waals surface area contributed by atoms with Crippen LogP contribution in [0.5, 0.6) is 0 Å². The molecule has 0 spiro atoms. The number of ether oxygens (including phenoxy) is 1. The first-order valence-electron chi connectivity index (χ1n) is 6.37. The second-order valence-corrected chi connectivity index (χ2v) is 5.08. The van der Waals surface area contributed by atoms with Crippen molar-refractivity contribution in [3.8, 4) is 0 Å². The van der Waals surface area contributed by atoms with Crippen molar-refractivity contribution in [2.45, 2.75) is 32.0 Å². The van der Waals surface area contributed by atoms with Crippen LogP contribution in [0.3, 0.4) is 0 Å². The maximum atomic E-state index is 11.9. The number of rotatable bonds is 5. The van der Waals surface area contributed by atoms with Crippen LogP contribution >= 0.6 is 0 Å². The lowest BCUT2D eigenvalue weighted by Crippen LogP contribution is -2.46. The Morgan fingerprint density at radius 3 is 2.47 bits per heavy atom. The van der Waals surface area contributed by atoms with Crippen LogP contribution in [0.15, 0.2) is 0 Å². The van der Waals surface area contributed by atoms with E-state index in [0.717, 1.165) is 0 Å². The maximum Gasteiger partial charge on any atom is 0.215 e. The van der Waals surface area contributed by atoms with Gasteiger partial charge in [0.2, 0.25) is 5.91 Å². The number of carbonyl (C=O) groups is 2. The molecule has 1 aliphatic heterocycles. The number of ketones is 1. The van der Waals surface area contributed by atoms with Gasteiger partial charge in [-0.25, -0.2) is 0 Å². The predicted octanol–water partition coefficient (Wildman–Crippen LogP) is -1.09. The molecule has 0 saturated carbocycles. The summed E-state index contributed by atoms with van der Waals surface area (Å²) in [4.78, 5) is 25.4. The van der Waals surface area contributed by atoms with Gasteiger partial charge < -0.3 is 9.64 Å². The fourth-order valence-electron chi connectivity index (χ4n) is 1.99. The highest BCUT2D eigenvalue weighted by molar-refractivity contribution is 6.20. The minimum absolute atomic E-state index is 0.0280. The van der Waals surface area contributed by atoms with Crippen molar-refractivity contribution in [1.82, 2.24) is 4.90 Å². The third-order valence-electron chi connectivity index (χ3n) is 3.32. The topological polar surface area (TPSA) is 46.6 Å². The number of Topliss-reactive ketones (excluding diaryl/α,β-unsaturated/α-hetero) is 1. The minimum Gasteiger partial charge on any atom is -0.380 e. The monoisotopic (exact) mass is 237 g/mol. The van der Waals surface area contributed by atoms with Crippen LogP contribution < -0.4 is 0 Å². The van der Waals surface area contributed by atoms with Crippen molar-refractivity contribution in [1.29, 1.82) is 0 Å². The van der Waals surface area contributed by atoms with Crippen LogP contribution in [-0.4, -0.2) is 58.1 Å². The van der Waals surface area contributed by atoms with Gasteiger partial charge in [-0.2, -0.15) is 0 Å². The zero-order valence-corrected chi connectivity index (χ0v) is 11.2. The molecule has 0 N–H and O–H groups in total. The zero-order valence-electron chi connectivity index (χ0n) is 11.2. The largest absolute Gasteiger partial charge is 0.380 e. The molecule has 17 heavy (non-hydrogen) atoms. The summed E-state index contributed by atoms with van der Waals surface area (Å²) < 4.78 is 5.38. The normalized spacial score (nSPS) is 23.9. The summed E-state index contributed by atoms with van der Waals surface area (Å²) in [5, 5.41) is 0. The summed E-state index contributed by atoms with van der Waals surface area (Å²) in [6, 6.07) is 0.0603. The van der Waals surface area contributed by atoms with E-state index in [-0.39, 0.29) is 30.2 Å². The molecule has 0 aromatic carbocycles. The van der Waals surface area contributed by atoms with E-state index >= 15 is 0 Å². The molecule has 0 aromatic heterocycles. The molecule has 1 rings (SSSR count). The van der Waals surface area contributed by atoms with E-state index in [4.69, 9.17) is 4.74 Å². The van der Waals surface area contributed by atoms with Gasteiger partial charge in [0, 0.05) is 12.5 Å².